The van der Waals surface area contributed by atoms with Gasteiger partial charge >= 0.3 is 5.97 Å². The van der Waals surface area contributed by atoms with Gasteiger partial charge < -0.3 is 19.7 Å². The van der Waals surface area contributed by atoms with Crippen LogP contribution in [0.15, 0.2) is 24.3 Å². The minimum absolute atomic E-state index is 0.0188. The Kier molecular flexibility index (Phi) is 8.11. The van der Waals surface area contributed by atoms with Crippen molar-refractivity contribution in [2.75, 3.05) is 33.9 Å². The molecule has 0 aromatic heterocycles. The van der Waals surface area contributed by atoms with E-state index in [-0.39, 0.29) is 24.8 Å². The monoisotopic (exact) mass is 350 g/mol. The maximum absolute atomic E-state index is 11.7. The molecule has 8 nitrogen and oxygen atoms in total. The summed E-state index contributed by atoms with van der Waals surface area (Å²) in [5.41, 5.74) is 0.571. The smallest absolute Gasteiger partial charge is 0.344 e. The molecule has 0 aliphatic carbocycles. The van der Waals surface area contributed by atoms with Crippen LogP contribution in [-0.2, 0) is 19.1 Å². The fourth-order valence-corrected chi connectivity index (χ4v) is 1.76. The van der Waals surface area contributed by atoms with Crippen molar-refractivity contribution in [1.29, 1.82) is 0 Å². The van der Waals surface area contributed by atoms with Crippen LogP contribution in [0.25, 0.3) is 0 Å². The predicted molar refractivity (Wildman–Crippen MR) is 89.2 cm³/mol. The van der Waals surface area contributed by atoms with Gasteiger partial charge in [-0.05, 0) is 24.3 Å². The van der Waals surface area contributed by atoms with Crippen molar-refractivity contribution in [3.63, 3.8) is 0 Å². The molecule has 0 saturated heterocycles. The molecule has 1 N–H and O–H groups in total. The molecular formula is C17H22N2O6. The first-order valence-electron chi connectivity index (χ1n) is 7.73. The molecule has 0 spiro atoms. The van der Waals surface area contributed by atoms with Gasteiger partial charge in [0, 0.05) is 26.1 Å². The van der Waals surface area contributed by atoms with Crippen LogP contribution in [0.5, 0.6) is 5.75 Å². The number of carbonyl (C=O) groups excluding carboxylic acids is 4. The van der Waals surface area contributed by atoms with Crippen molar-refractivity contribution in [2.45, 2.75) is 13.3 Å². The van der Waals surface area contributed by atoms with E-state index in [4.69, 9.17) is 9.47 Å². The third-order valence-corrected chi connectivity index (χ3v) is 3.30. The first-order chi connectivity index (χ1) is 11.9. The van der Waals surface area contributed by atoms with Gasteiger partial charge in [0.2, 0.25) is 5.91 Å². The first kappa shape index (κ1) is 20.1. The van der Waals surface area contributed by atoms with Crippen molar-refractivity contribution in [2.24, 2.45) is 0 Å². The fraction of sp³-hybridized carbons (Fsp3) is 0.412. The molecule has 8 heteroatoms. The number of carbonyl (C=O) groups is 4. The zero-order valence-electron chi connectivity index (χ0n) is 14.5. The van der Waals surface area contributed by atoms with Crippen molar-refractivity contribution in [3.05, 3.63) is 29.8 Å². The summed E-state index contributed by atoms with van der Waals surface area (Å²) in [4.78, 5) is 47.1. The SMILES string of the molecule is CCC(=O)c1ccc(OCC(=O)OCC(=O)N(C)CC(=O)NC)cc1. The minimum Gasteiger partial charge on any atom is -0.482 e. The Bertz CT molecular complexity index is 627. The summed E-state index contributed by atoms with van der Waals surface area (Å²) in [6.45, 7) is 0.815. The number of rotatable bonds is 9. The number of ether oxygens (including phenoxy) is 2. The molecule has 0 radical (unpaired) electrons. The maximum Gasteiger partial charge on any atom is 0.344 e. The molecule has 0 fully saturated rings. The highest BCUT2D eigenvalue weighted by Crippen LogP contribution is 2.13. The molecule has 2 amide bonds. The number of nitrogens with one attached hydrogen (secondary N) is 1. The van der Waals surface area contributed by atoms with Gasteiger partial charge in [-0.25, -0.2) is 4.79 Å². The van der Waals surface area contributed by atoms with Gasteiger partial charge in [-0.15, -0.1) is 0 Å². The molecule has 0 saturated carbocycles. The van der Waals surface area contributed by atoms with Gasteiger partial charge in [-0.1, -0.05) is 6.92 Å². The molecule has 136 valence electrons. The van der Waals surface area contributed by atoms with Crippen molar-refractivity contribution >= 4 is 23.6 Å². The van der Waals surface area contributed by atoms with E-state index in [1.165, 1.54) is 14.1 Å². The van der Waals surface area contributed by atoms with Crippen LogP contribution >= 0.6 is 0 Å². The quantitative estimate of drug-likeness (QED) is 0.511. The van der Waals surface area contributed by atoms with E-state index in [2.05, 4.69) is 5.32 Å². The number of likely N-dealkylation sites (N-methyl/N-ethyl adjacent to an activating group) is 2. The summed E-state index contributed by atoms with van der Waals surface area (Å²) >= 11 is 0. The summed E-state index contributed by atoms with van der Waals surface area (Å²) in [6, 6.07) is 6.39. The molecule has 0 atom stereocenters. The first-order valence-corrected chi connectivity index (χ1v) is 7.73. The zero-order chi connectivity index (χ0) is 18.8. The highest BCUT2D eigenvalue weighted by molar-refractivity contribution is 5.95. The predicted octanol–water partition coefficient (Wildman–Crippen LogP) is 0.406. The summed E-state index contributed by atoms with van der Waals surface area (Å²) in [5, 5.41) is 2.39. The minimum atomic E-state index is -0.713. The Hall–Kier alpha value is -2.90. The van der Waals surface area contributed by atoms with Crippen LogP contribution in [0.2, 0.25) is 0 Å². The Balaban J connectivity index is 2.36. The number of nitrogens with zero attached hydrogens (tertiary/aromatic N) is 1. The summed E-state index contributed by atoms with van der Waals surface area (Å²) < 4.78 is 10.0. The van der Waals surface area contributed by atoms with Crippen molar-refractivity contribution < 1.29 is 28.7 Å². The highest BCUT2D eigenvalue weighted by Gasteiger charge is 2.14. The van der Waals surface area contributed by atoms with Crippen LogP contribution in [0.4, 0.5) is 0 Å². The molecule has 0 unspecified atom stereocenters. The van der Waals surface area contributed by atoms with E-state index < -0.39 is 18.5 Å². The molecule has 25 heavy (non-hydrogen) atoms. The van der Waals surface area contributed by atoms with E-state index >= 15 is 0 Å². The lowest BCUT2D eigenvalue weighted by Crippen LogP contribution is -2.39. The van der Waals surface area contributed by atoms with E-state index in [0.717, 1.165) is 4.90 Å². The Morgan fingerprint density at radius 3 is 2.28 bits per heavy atom. The number of benzene rings is 1. The number of amides is 2. The topological polar surface area (TPSA) is 102 Å². The van der Waals surface area contributed by atoms with E-state index in [0.29, 0.717) is 17.7 Å². The van der Waals surface area contributed by atoms with Crippen LogP contribution < -0.4 is 10.1 Å². The van der Waals surface area contributed by atoms with Crippen molar-refractivity contribution in [3.8, 4) is 5.75 Å². The molecule has 1 aromatic rings. The third kappa shape index (κ3) is 7.03. The standard InChI is InChI=1S/C17H22N2O6/c1-4-14(20)12-5-7-13(8-6-12)24-11-17(23)25-10-16(22)19(3)9-15(21)18-2/h5-8H,4,9-11H2,1-3H3,(H,18,21). The van der Waals surface area contributed by atoms with Crippen LogP contribution in [0, 0.1) is 0 Å². The van der Waals surface area contributed by atoms with Gasteiger partial charge in [0.25, 0.3) is 5.91 Å². The second-order valence-corrected chi connectivity index (χ2v) is 5.17. The van der Waals surface area contributed by atoms with Gasteiger partial charge in [-0.2, -0.15) is 0 Å². The number of hydrogen-bond acceptors (Lipinski definition) is 6. The van der Waals surface area contributed by atoms with Crippen LogP contribution in [0.1, 0.15) is 23.7 Å². The lowest BCUT2D eigenvalue weighted by molar-refractivity contribution is -0.153. The van der Waals surface area contributed by atoms with E-state index in [1.807, 2.05) is 0 Å². The molecule has 1 rings (SSSR count). The lowest BCUT2D eigenvalue weighted by atomic mass is 10.1. The summed E-state index contributed by atoms with van der Waals surface area (Å²) in [5.74, 6) is -1.11. The molecule has 0 aliphatic rings. The van der Waals surface area contributed by atoms with Gasteiger partial charge in [-0.3, -0.25) is 14.4 Å². The van der Waals surface area contributed by atoms with Crippen molar-refractivity contribution in [1.82, 2.24) is 10.2 Å². The maximum atomic E-state index is 11.7. The molecular weight excluding hydrogens is 328 g/mol. The highest BCUT2D eigenvalue weighted by atomic mass is 16.6. The van der Waals surface area contributed by atoms with Crippen LogP contribution in [0.3, 0.4) is 0 Å². The second-order valence-electron chi connectivity index (χ2n) is 5.17. The molecule has 0 heterocycles. The Morgan fingerprint density at radius 1 is 1.08 bits per heavy atom. The summed E-state index contributed by atoms with van der Waals surface area (Å²) in [7, 11) is 2.89. The fourth-order valence-electron chi connectivity index (χ4n) is 1.76. The van der Waals surface area contributed by atoms with Gasteiger partial charge in [0.05, 0.1) is 6.54 Å². The average Bonchev–Trinajstić information content (AvgIpc) is 2.63. The number of esters is 1. The average molecular weight is 350 g/mol. The van der Waals surface area contributed by atoms with Gasteiger partial charge in [0.1, 0.15) is 5.75 Å². The zero-order valence-corrected chi connectivity index (χ0v) is 14.5. The van der Waals surface area contributed by atoms with E-state index in [9.17, 15) is 19.2 Å². The third-order valence-electron chi connectivity index (χ3n) is 3.30. The number of ketones is 1. The Labute approximate surface area is 146 Å². The lowest BCUT2D eigenvalue weighted by Gasteiger charge is -2.16. The molecule has 1 aromatic carbocycles. The van der Waals surface area contributed by atoms with Crippen LogP contribution in [-0.4, -0.2) is 62.3 Å². The molecule has 0 aliphatic heterocycles. The summed E-state index contributed by atoms with van der Waals surface area (Å²) in [6.07, 6.45) is 0.412. The second kappa shape index (κ2) is 10.1. The largest absolute Gasteiger partial charge is 0.482 e. The number of Topliss-reactive ketones (excluding diaryl/α,β-unsaturated/α-hetero) is 1. The normalized spacial score (nSPS) is 9.88. The van der Waals surface area contributed by atoms with E-state index in [1.54, 1.807) is 31.2 Å². The van der Waals surface area contributed by atoms with Gasteiger partial charge in [0.15, 0.2) is 19.0 Å². The Morgan fingerprint density at radius 2 is 1.72 bits per heavy atom. The number of hydrogen-bond donors (Lipinski definition) is 1. The molecule has 0 bridgehead atoms.